The second-order valence-electron chi connectivity index (χ2n) is 5.16. The lowest BCUT2D eigenvalue weighted by molar-refractivity contribution is 0.0389. The van der Waals surface area contributed by atoms with Crippen molar-refractivity contribution in [3.05, 3.63) is 30.1 Å². The van der Waals surface area contributed by atoms with E-state index < -0.39 is 0 Å². The minimum Gasteiger partial charge on any atom is -0.393 e. The lowest BCUT2D eigenvalue weighted by Crippen LogP contribution is -2.38. The van der Waals surface area contributed by atoms with E-state index in [1.165, 1.54) is 0 Å². The highest BCUT2D eigenvalue weighted by atomic mass is 16.3. The quantitative estimate of drug-likeness (QED) is 0.827. The fraction of sp³-hybridized carbons (Fsp3) is 0.615. The predicted molar refractivity (Wildman–Crippen MR) is 66.0 cm³/mol. The molecule has 1 unspecified atom stereocenters. The zero-order chi connectivity index (χ0) is 12.2. The Balaban J connectivity index is 2.51. The van der Waals surface area contributed by atoms with Gasteiger partial charge in [0.05, 0.1) is 11.8 Å². The minimum absolute atomic E-state index is 0.0937. The molecule has 1 rings (SSSR count). The normalized spacial score (nSPS) is 14.1. The van der Waals surface area contributed by atoms with Crippen LogP contribution in [-0.2, 0) is 6.54 Å². The van der Waals surface area contributed by atoms with Gasteiger partial charge < -0.3 is 5.11 Å². The van der Waals surface area contributed by atoms with E-state index in [9.17, 15) is 5.11 Å². The van der Waals surface area contributed by atoms with Crippen molar-refractivity contribution < 1.29 is 5.11 Å². The van der Waals surface area contributed by atoms with Gasteiger partial charge in [-0.15, -0.1) is 0 Å². The lowest BCUT2D eigenvalue weighted by atomic mass is 9.87. The van der Waals surface area contributed by atoms with Gasteiger partial charge in [0.15, 0.2) is 0 Å². The molecule has 0 amide bonds. The average molecular weight is 222 g/mol. The van der Waals surface area contributed by atoms with Crippen LogP contribution in [0.25, 0.3) is 0 Å². The van der Waals surface area contributed by atoms with Crippen LogP contribution in [0, 0.1) is 5.41 Å². The summed E-state index contributed by atoms with van der Waals surface area (Å²) in [6.07, 6.45) is 1.50. The molecule has 0 aliphatic carbocycles. The summed E-state index contributed by atoms with van der Waals surface area (Å²) >= 11 is 0. The summed E-state index contributed by atoms with van der Waals surface area (Å²) in [5, 5.41) is 9.65. The van der Waals surface area contributed by atoms with Crippen molar-refractivity contribution in [1.82, 2.24) is 9.88 Å². The Morgan fingerprint density at radius 3 is 2.62 bits per heavy atom. The number of aliphatic hydroxyl groups is 1. The molecule has 1 aromatic heterocycles. The van der Waals surface area contributed by atoms with Crippen LogP contribution in [0.15, 0.2) is 24.4 Å². The van der Waals surface area contributed by atoms with Gasteiger partial charge in [0.25, 0.3) is 0 Å². The molecule has 0 aliphatic rings. The fourth-order valence-corrected chi connectivity index (χ4v) is 1.65. The summed E-state index contributed by atoms with van der Waals surface area (Å²) in [6, 6.07) is 5.94. The van der Waals surface area contributed by atoms with Crippen molar-refractivity contribution >= 4 is 0 Å². The summed E-state index contributed by atoms with van der Waals surface area (Å²) in [6.45, 7) is 7.66. The van der Waals surface area contributed by atoms with Crippen molar-refractivity contribution in [3.63, 3.8) is 0 Å². The zero-order valence-electron chi connectivity index (χ0n) is 10.6. The monoisotopic (exact) mass is 222 g/mol. The third kappa shape index (κ3) is 3.91. The first-order valence-electron chi connectivity index (χ1n) is 5.68. The molecule has 0 bridgehead atoms. The van der Waals surface area contributed by atoms with Crippen LogP contribution in [0.3, 0.4) is 0 Å². The van der Waals surface area contributed by atoms with Crippen LogP contribution in [-0.4, -0.2) is 34.7 Å². The zero-order valence-corrected chi connectivity index (χ0v) is 10.6. The maximum atomic E-state index is 9.65. The van der Waals surface area contributed by atoms with E-state index in [2.05, 4.69) is 30.8 Å². The number of pyridine rings is 1. The molecular formula is C13H22N2O. The van der Waals surface area contributed by atoms with Gasteiger partial charge in [-0.3, -0.25) is 9.88 Å². The molecular weight excluding hydrogens is 200 g/mol. The van der Waals surface area contributed by atoms with Crippen LogP contribution in [0.4, 0.5) is 0 Å². The van der Waals surface area contributed by atoms with Crippen molar-refractivity contribution in [2.45, 2.75) is 33.4 Å². The van der Waals surface area contributed by atoms with E-state index in [1.807, 2.05) is 31.3 Å². The van der Waals surface area contributed by atoms with Gasteiger partial charge in [0.1, 0.15) is 0 Å². The highest BCUT2D eigenvalue weighted by Crippen LogP contribution is 2.21. The van der Waals surface area contributed by atoms with Crippen LogP contribution in [0.2, 0.25) is 0 Å². The Morgan fingerprint density at radius 2 is 2.12 bits per heavy atom. The average Bonchev–Trinajstić information content (AvgIpc) is 2.17. The smallest absolute Gasteiger partial charge is 0.0575 e. The highest BCUT2D eigenvalue weighted by molar-refractivity contribution is 5.03. The summed E-state index contributed by atoms with van der Waals surface area (Å²) in [4.78, 5) is 6.48. The molecule has 1 aromatic rings. The van der Waals surface area contributed by atoms with Gasteiger partial charge >= 0.3 is 0 Å². The molecule has 16 heavy (non-hydrogen) atoms. The van der Waals surface area contributed by atoms with Crippen molar-refractivity contribution in [1.29, 1.82) is 0 Å². The van der Waals surface area contributed by atoms with E-state index in [1.54, 1.807) is 0 Å². The van der Waals surface area contributed by atoms with Crippen molar-refractivity contribution in [3.8, 4) is 0 Å². The first-order chi connectivity index (χ1) is 7.42. The molecule has 0 saturated carbocycles. The number of aliphatic hydroxyl groups excluding tert-OH is 1. The standard InChI is InChI=1S/C13H22N2O/c1-11(16)13(2,3)10-15(4)9-12-7-5-6-8-14-12/h5-8,11,16H,9-10H2,1-4H3. The molecule has 0 fully saturated rings. The number of nitrogens with zero attached hydrogens (tertiary/aromatic N) is 2. The molecule has 0 aliphatic heterocycles. The first kappa shape index (κ1) is 13.1. The summed E-state index contributed by atoms with van der Waals surface area (Å²) < 4.78 is 0. The largest absolute Gasteiger partial charge is 0.393 e. The van der Waals surface area contributed by atoms with E-state index in [0.29, 0.717) is 0 Å². The first-order valence-corrected chi connectivity index (χ1v) is 5.68. The maximum absolute atomic E-state index is 9.65. The Labute approximate surface area is 98.1 Å². The SMILES string of the molecule is CC(O)C(C)(C)CN(C)Cc1ccccn1. The Bertz CT molecular complexity index is 309. The van der Waals surface area contributed by atoms with Gasteiger partial charge in [-0.25, -0.2) is 0 Å². The second kappa shape index (κ2) is 5.41. The van der Waals surface area contributed by atoms with Crippen LogP contribution in [0.5, 0.6) is 0 Å². The van der Waals surface area contributed by atoms with Crippen molar-refractivity contribution in [2.75, 3.05) is 13.6 Å². The number of rotatable bonds is 5. The molecule has 90 valence electrons. The third-order valence-corrected chi connectivity index (χ3v) is 2.97. The molecule has 3 heteroatoms. The predicted octanol–water partition coefficient (Wildman–Crippen LogP) is 1.92. The highest BCUT2D eigenvalue weighted by Gasteiger charge is 2.25. The van der Waals surface area contributed by atoms with E-state index >= 15 is 0 Å². The molecule has 0 saturated heterocycles. The van der Waals surface area contributed by atoms with Crippen LogP contribution >= 0.6 is 0 Å². The summed E-state index contributed by atoms with van der Waals surface area (Å²) in [7, 11) is 2.05. The topological polar surface area (TPSA) is 36.4 Å². The minimum atomic E-state index is -0.307. The van der Waals surface area contributed by atoms with Gasteiger partial charge in [0, 0.05) is 24.7 Å². The lowest BCUT2D eigenvalue weighted by Gasteiger charge is -2.32. The summed E-state index contributed by atoms with van der Waals surface area (Å²) in [5.41, 5.74) is 0.968. The number of hydrogen-bond donors (Lipinski definition) is 1. The van der Waals surface area contributed by atoms with E-state index in [4.69, 9.17) is 0 Å². The van der Waals surface area contributed by atoms with Crippen molar-refractivity contribution in [2.24, 2.45) is 5.41 Å². The fourth-order valence-electron chi connectivity index (χ4n) is 1.65. The maximum Gasteiger partial charge on any atom is 0.0575 e. The second-order valence-corrected chi connectivity index (χ2v) is 5.16. The summed E-state index contributed by atoms with van der Waals surface area (Å²) in [5.74, 6) is 0. The molecule has 1 atom stereocenters. The molecule has 0 aromatic carbocycles. The van der Waals surface area contributed by atoms with Crippen LogP contribution in [0.1, 0.15) is 26.5 Å². The van der Waals surface area contributed by atoms with Gasteiger partial charge in [-0.2, -0.15) is 0 Å². The molecule has 1 N–H and O–H groups in total. The Kier molecular flexibility index (Phi) is 4.44. The Hall–Kier alpha value is -0.930. The number of aromatic nitrogens is 1. The molecule has 0 spiro atoms. The molecule has 1 heterocycles. The van der Waals surface area contributed by atoms with Gasteiger partial charge in [-0.05, 0) is 26.1 Å². The van der Waals surface area contributed by atoms with E-state index in [0.717, 1.165) is 18.8 Å². The van der Waals surface area contributed by atoms with Crippen LogP contribution < -0.4 is 0 Å². The molecule has 0 radical (unpaired) electrons. The number of hydrogen-bond acceptors (Lipinski definition) is 3. The van der Waals surface area contributed by atoms with Gasteiger partial charge in [-0.1, -0.05) is 19.9 Å². The molecule has 3 nitrogen and oxygen atoms in total. The van der Waals surface area contributed by atoms with E-state index in [-0.39, 0.29) is 11.5 Å². The van der Waals surface area contributed by atoms with Gasteiger partial charge in [0.2, 0.25) is 0 Å². The third-order valence-electron chi connectivity index (χ3n) is 2.97. The Morgan fingerprint density at radius 1 is 1.44 bits per heavy atom.